The molecule has 1 heterocycles. The third-order valence-corrected chi connectivity index (χ3v) is 4.11. The molecule has 1 aromatic heterocycles. The first-order valence-electron chi connectivity index (χ1n) is 7.15. The van der Waals surface area contributed by atoms with Crippen LogP contribution in [0.3, 0.4) is 0 Å². The van der Waals surface area contributed by atoms with E-state index < -0.39 is 0 Å². The van der Waals surface area contributed by atoms with Crippen molar-refractivity contribution in [1.29, 1.82) is 0 Å². The zero-order valence-corrected chi connectivity index (χ0v) is 12.9. The highest BCUT2D eigenvalue weighted by Gasteiger charge is 2.22. The van der Waals surface area contributed by atoms with Gasteiger partial charge in [0.05, 0.1) is 5.69 Å². The maximum absolute atomic E-state index is 12.2. The smallest absolute Gasteiger partial charge is 0.266 e. The van der Waals surface area contributed by atoms with Crippen molar-refractivity contribution >= 4 is 17.5 Å². The number of nitrogens with one attached hydrogen (secondary N) is 1. The van der Waals surface area contributed by atoms with E-state index in [1.165, 1.54) is 4.68 Å². The fraction of sp³-hybridized carbons (Fsp3) is 0.312. The lowest BCUT2D eigenvalue weighted by Crippen LogP contribution is -2.40. The van der Waals surface area contributed by atoms with Crippen LogP contribution in [-0.4, -0.2) is 21.7 Å². The number of rotatable bonds is 2. The molecule has 1 N–H and O–H groups in total. The van der Waals surface area contributed by atoms with Crippen molar-refractivity contribution in [2.75, 3.05) is 0 Å². The van der Waals surface area contributed by atoms with Crippen LogP contribution in [-0.2, 0) is 19.9 Å². The predicted molar refractivity (Wildman–Crippen MR) is 84.2 cm³/mol. The molecule has 1 aliphatic carbocycles. The Bertz CT molecular complexity index is 785. The number of halogens is 1. The van der Waals surface area contributed by atoms with Crippen LogP contribution >= 0.6 is 11.6 Å². The van der Waals surface area contributed by atoms with Crippen molar-refractivity contribution in [2.24, 2.45) is 7.05 Å². The van der Waals surface area contributed by atoms with Crippen LogP contribution in [0.25, 0.3) is 0 Å². The molecule has 0 saturated carbocycles. The highest BCUT2D eigenvalue weighted by molar-refractivity contribution is 6.30. The quantitative estimate of drug-likeness (QED) is 0.917. The average Bonchev–Trinajstić information content (AvgIpc) is 2.49. The first-order valence-corrected chi connectivity index (χ1v) is 7.53. The normalized spacial score (nSPS) is 16.9. The molecular formula is C16H16ClN3O2. The first kappa shape index (κ1) is 14.8. The molecule has 1 atom stereocenters. The van der Waals surface area contributed by atoms with Crippen LogP contribution in [0.4, 0.5) is 0 Å². The number of hydrogen-bond acceptors (Lipinski definition) is 3. The van der Waals surface area contributed by atoms with Gasteiger partial charge in [0, 0.05) is 29.7 Å². The lowest BCUT2D eigenvalue weighted by Gasteiger charge is -2.24. The summed E-state index contributed by atoms with van der Waals surface area (Å²) < 4.78 is 1.35. The van der Waals surface area contributed by atoms with Gasteiger partial charge >= 0.3 is 0 Å². The molecule has 2 aromatic rings. The van der Waals surface area contributed by atoms with Crippen LogP contribution in [0.5, 0.6) is 0 Å². The lowest BCUT2D eigenvalue weighted by atomic mass is 9.92. The van der Waals surface area contributed by atoms with E-state index in [-0.39, 0.29) is 17.5 Å². The molecule has 6 heteroatoms. The third-order valence-electron chi connectivity index (χ3n) is 3.88. The summed E-state index contributed by atoms with van der Waals surface area (Å²) in [4.78, 5) is 23.9. The molecule has 5 nitrogen and oxygen atoms in total. The molecular weight excluding hydrogens is 302 g/mol. The summed E-state index contributed by atoms with van der Waals surface area (Å²) in [6, 6.07) is 8.48. The Kier molecular flexibility index (Phi) is 3.98. The maximum atomic E-state index is 12.2. The molecule has 3 rings (SSSR count). The number of aromatic nitrogens is 2. The molecule has 1 aliphatic rings. The summed E-state index contributed by atoms with van der Waals surface area (Å²) in [5.41, 5.74) is 2.28. The number of amides is 1. The summed E-state index contributed by atoms with van der Waals surface area (Å²) in [6.07, 6.45) is 2.19. The molecule has 0 radical (unpaired) electrons. The van der Waals surface area contributed by atoms with Crippen LogP contribution in [0, 0.1) is 0 Å². The average molecular weight is 318 g/mol. The van der Waals surface area contributed by atoms with Gasteiger partial charge in [0.2, 0.25) is 0 Å². The Morgan fingerprint density at radius 1 is 1.41 bits per heavy atom. The molecule has 114 valence electrons. The minimum Gasteiger partial charge on any atom is -0.349 e. The number of benzene rings is 1. The van der Waals surface area contributed by atoms with Gasteiger partial charge in [-0.15, -0.1) is 0 Å². The van der Waals surface area contributed by atoms with E-state index in [0.29, 0.717) is 17.0 Å². The topological polar surface area (TPSA) is 64.0 Å². The van der Waals surface area contributed by atoms with Crippen LogP contribution in [0.15, 0.2) is 35.1 Å². The summed E-state index contributed by atoms with van der Waals surface area (Å²) >= 11 is 5.91. The van der Waals surface area contributed by atoms with Gasteiger partial charge < -0.3 is 5.32 Å². The van der Waals surface area contributed by atoms with E-state index >= 15 is 0 Å². The lowest BCUT2D eigenvalue weighted by molar-refractivity contribution is 0.0933. The Morgan fingerprint density at radius 2 is 2.23 bits per heavy atom. The number of fused-ring (bicyclic) bond motifs is 1. The van der Waals surface area contributed by atoms with Gasteiger partial charge in [0.1, 0.15) is 0 Å². The highest BCUT2D eigenvalue weighted by Crippen LogP contribution is 2.18. The fourth-order valence-electron chi connectivity index (χ4n) is 2.71. The van der Waals surface area contributed by atoms with Gasteiger partial charge in [-0.1, -0.05) is 17.7 Å². The predicted octanol–water partition coefficient (Wildman–Crippen LogP) is 1.72. The molecule has 0 fully saturated rings. The van der Waals surface area contributed by atoms with Crippen molar-refractivity contribution in [3.05, 3.63) is 62.5 Å². The van der Waals surface area contributed by atoms with Crippen LogP contribution < -0.4 is 10.9 Å². The van der Waals surface area contributed by atoms with Crippen molar-refractivity contribution in [3.63, 3.8) is 0 Å². The summed E-state index contributed by atoms with van der Waals surface area (Å²) in [5, 5.41) is 7.81. The second-order valence-electron chi connectivity index (χ2n) is 5.50. The molecule has 0 spiro atoms. The Labute approximate surface area is 132 Å². The minimum absolute atomic E-state index is 0.00730. The van der Waals surface area contributed by atoms with Crippen molar-refractivity contribution < 1.29 is 4.79 Å². The maximum Gasteiger partial charge on any atom is 0.266 e. The SMILES string of the molecule is Cn1nc2c(cc1=O)C[C@H](NC(=O)c1cccc(Cl)c1)CC2. The zero-order chi connectivity index (χ0) is 15.7. The number of nitrogens with zero attached hydrogens (tertiary/aromatic N) is 2. The van der Waals surface area contributed by atoms with E-state index in [9.17, 15) is 9.59 Å². The molecule has 0 saturated heterocycles. The van der Waals surface area contributed by atoms with Crippen molar-refractivity contribution in [2.45, 2.75) is 25.3 Å². The zero-order valence-electron chi connectivity index (χ0n) is 12.2. The van der Waals surface area contributed by atoms with E-state index in [2.05, 4.69) is 10.4 Å². The van der Waals surface area contributed by atoms with E-state index in [0.717, 1.165) is 24.1 Å². The summed E-state index contributed by atoms with van der Waals surface area (Å²) in [7, 11) is 1.65. The molecule has 22 heavy (non-hydrogen) atoms. The second kappa shape index (κ2) is 5.93. The largest absolute Gasteiger partial charge is 0.349 e. The van der Waals surface area contributed by atoms with E-state index in [4.69, 9.17) is 11.6 Å². The first-order chi connectivity index (χ1) is 10.5. The second-order valence-corrected chi connectivity index (χ2v) is 5.94. The van der Waals surface area contributed by atoms with E-state index in [1.54, 1.807) is 37.4 Å². The monoisotopic (exact) mass is 317 g/mol. The van der Waals surface area contributed by atoms with Gasteiger partial charge in [0.15, 0.2) is 0 Å². The summed E-state index contributed by atoms with van der Waals surface area (Å²) in [5.74, 6) is -0.146. The van der Waals surface area contributed by atoms with Crippen LogP contribution in [0.2, 0.25) is 5.02 Å². The third kappa shape index (κ3) is 3.04. The summed E-state index contributed by atoms with van der Waals surface area (Å²) in [6.45, 7) is 0. The Hall–Kier alpha value is -2.14. The minimum atomic E-state index is -0.146. The number of hydrogen-bond donors (Lipinski definition) is 1. The van der Waals surface area contributed by atoms with Crippen LogP contribution in [0.1, 0.15) is 28.0 Å². The molecule has 1 amide bonds. The Morgan fingerprint density at radius 3 is 3.00 bits per heavy atom. The highest BCUT2D eigenvalue weighted by atomic mass is 35.5. The number of aryl methyl sites for hydroxylation is 2. The van der Waals surface area contributed by atoms with Gasteiger partial charge in [-0.2, -0.15) is 5.10 Å². The molecule has 0 aliphatic heterocycles. The van der Waals surface area contributed by atoms with Gasteiger partial charge in [-0.3, -0.25) is 9.59 Å². The van der Waals surface area contributed by atoms with Crippen molar-refractivity contribution in [1.82, 2.24) is 15.1 Å². The van der Waals surface area contributed by atoms with Gasteiger partial charge in [0.25, 0.3) is 11.5 Å². The van der Waals surface area contributed by atoms with Gasteiger partial charge in [-0.05, 0) is 43.0 Å². The van der Waals surface area contributed by atoms with Crippen molar-refractivity contribution in [3.8, 4) is 0 Å². The van der Waals surface area contributed by atoms with Gasteiger partial charge in [-0.25, -0.2) is 4.68 Å². The molecule has 1 aromatic carbocycles. The van der Waals surface area contributed by atoms with E-state index in [1.807, 2.05) is 0 Å². The Balaban J connectivity index is 1.74. The number of carbonyl (C=O) groups is 1. The fourth-order valence-corrected chi connectivity index (χ4v) is 2.90. The molecule has 0 unspecified atom stereocenters. The number of carbonyl (C=O) groups excluding carboxylic acids is 1. The molecule has 0 bridgehead atoms. The standard InChI is InChI=1S/C16H16ClN3O2/c1-20-15(21)9-11-8-13(5-6-14(11)19-20)18-16(22)10-3-2-4-12(17)7-10/h2-4,7,9,13H,5-6,8H2,1H3,(H,18,22)/t13-/m1/s1.